The Morgan fingerprint density at radius 2 is 1.67 bits per heavy atom. The van der Waals surface area contributed by atoms with E-state index in [0.29, 0.717) is 6.42 Å². The van der Waals surface area contributed by atoms with Gasteiger partial charge < -0.3 is 20.1 Å². The summed E-state index contributed by atoms with van der Waals surface area (Å²) in [6.45, 7) is 1.90. The molecule has 0 bridgehead atoms. The number of carbonyl (C=O) groups is 3. The zero-order valence-electron chi connectivity index (χ0n) is 14.6. The minimum Gasteiger partial charge on any atom is -0.504 e. The molecule has 27 heavy (non-hydrogen) atoms. The van der Waals surface area contributed by atoms with Gasteiger partial charge in [-0.1, -0.05) is 37.6 Å². The second kappa shape index (κ2) is 7.11. The van der Waals surface area contributed by atoms with E-state index in [1.54, 1.807) is 12.1 Å². The molecular weight excluding hydrogens is 352 g/mol. The largest absolute Gasteiger partial charge is 0.504 e. The third-order valence-electron chi connectivity index (χ3n) is 4.48. The lowest BCUT2D eigenvalue weighted by atomic mass is 9.83. The lowest BCUT2D eigenvalue weighted by Gasteiger charge is -2.23. The second-order valence-corrected chi connectivity index (χ2v) is 6.28. The number of phenols is 2. The van der Waals surface area contributed by atoms with Gasteiger partial charge in [0.2, 0.25) is 0 Å². The average Bonchev–Trinajstić information content (AvgIpc) is 2.65. The Bertz CT molecular complexity index is 946. The minimum absolute atomic E-state index is 0.0996. The zero-order valence-corrected chi connectivity index (χ0v) is 14.6. The second-order valence-electron chi connectivity index (χ2n) is 6.28. The van der Waals surface area contributed by atoms with Crippen molar-refractivity contribution in [3.63, 3.8) is 0 Å². The van der Waals surface area contributed by atoms with Gasteiger partial charge in [-0.25, -0.2) is 4.79 Å². The molecule has 140 valence electrons. The molecule has 2 aromatic carbocycles. The van der Waals surface area contributed by atoms with Crippen LogP contribution in [0.25, 0.3) is 0 Å². The molecule has 0 saturated carbocycles. The fourth-order valence-electron chi connectivity index (χ4n) is 3.10. The lowest BCUT2D eigenvalue weighted by Crippen LogP contribution is -2.29. The van der Waals surface area contributed by atoms with E-state index in [0.717, 1.165) is 12.5 Å². The first-order valence-electron chi connectivity index (χ1n) is 8.53. The van der Waals surface area contributed by atoms with Crippen molar-refractivity contribution in [1.29, 1.82) is 0 Å². The smallest absolute Gasteiger partial charge is 0.344 e. The summed E-state index contributed by atoms with van der Waals surface area (Å²) in [6.07, 6.45) is 0.273. The van der Waals surface area contributed by atoms with Crippen molar-refractivity contribution in [2.45, 2.75) is 32.3 Å². The Morgan fingerprint density at radius 3 is 2.22 bits per heavy atom. The molecule has 1 unspecified atom stereocenters. The lowest BCUT2D eigenvalue weighted by molar-refractivity contribution is -0.145. The average molecular weight is 370 g/mol. The number of benzene rings is 2. The highest BCUT2D eigenvalue weighted by molar-refractivity contribution is 6.30. The highest BCUT2D eigenvalue weighted by Crippen LogP contribution is 2.43. The van der Waals surface area contributed by atoms with Crippen LogP contribution in [0.15, 0.2) is 30.3 Å². The number of hydrogen-bond donors (Lipinski definition) is 3. The van der Waals surface area contributed by atoms with Crippen LogP contribution in [0.4, 0.5) is 0 Å². The van der Waals surface area contributed by atoms with Crippen molar-refractivity contribution in [1.82, 2.24) is 0 Å². The highest BCUT2D eigenvalue weighted by Gasteiger charge is 2.37. The molecule has 2 aromatic rings. The number of rotatable bonds is 6. The molecule has 0 aliphatic heterocycles. The standard InChI is InChI=1S/C20H18O7/c1-2-3-8-13(20(25)26)27-14-9-12(21)19(24)16-15(14)17(22)10-6-4-5-7-11(10)18(16)23/h4-7,9,13,21,24H,2-3,8H2,1H3,(H,25,26). The molecule has 1 atom stereocenters. The third-order valence-corrected chi connectivity index (χ3v) is 4.48. The van der Waals surface area contributed by atoms with Gasteiger partial charge in [0.05, 0.1) is 11.1 Å². The maximum Gasteiger partial charge on any atom is 0.344 e. The van der Waals surface area contributed by atoms with Gasteiger partial charge in [0.1, 0.15) is 5.75 Å². The summed E-state index contributed by atoms with van der Waals surface area (Å²) in [4.78, 5) is 37.2. The van der Waals surface area contributed by atoms with Crippen molar-refractivity contribution in [2.75, 3.05) is 0 Å². The number of carbonyl (C=O) groups excluding carboxylic acids is 2. The van der Waals surface area contributed by atoms with Crippen LogP contribution in [-0.4, -0.2) is 39.0 Å². The first-order chi connectivity index (χ1) is 12.9. The number of carboxylic acid groups (broad SMARTS) is 1. The van der Waals surface area contributed by atoms with Crippen LogP contribution >= 0.6 is 0 Å². The molecule has 0 amide bonds. The van der Waals surface area contributed by atoms with Crippen LogP contribution in [0.2, 0.25) is 0 Å². The molecule has 7 nitrogen and oxygen atoms in total. The summed E-state index contributed by atoms with van der Waals surface area (Å²) in [7, 11) is 0. The maximum atomic E-state index is 12.9. The summed E-state index contributed by atoms with van der Waals surface area (Å²) in [6, 6.07) is 7.06. The molecule has 7 heteroatoms. The van der Waals surface area contributed by atoms with Gasteiger partial charge in [-0.3, -0.25) is 9.59 Å². The predicted molar refractivity (Wildman–Crippen MR) is 94.7 cm³/mol. The molecule has 0 saturated heterocycles. The molecule has 3 N–H and O–H groups in total. The quantitative estimate of drug-likeness (QED) is 0.570. The van der Waals surface area contributed by atoms with E-state index >= 15 is 0 Å². The van der Waals surface area contributed by atoms with Gasteiger partial charge in [0.15, 0.2) is 29.2 Å². The molecule has 0 aromatic heterocycles. The van der Waals surface area contributed by atoms with Gasteiger partial charge in [0, 0.05) is 17.2 Å². The van der Waals surface area contributed by atoms with E-state index in [9.17, 15) is 29.7 Å². The van der Waals surface area contributed by atoms with E-state index in [1.807, 2.05) is 6.92 Å². The number of carboxylic acids is 1. The summed E-state index contributed by atoms with van der Waals surface area (Å²) < 4.78 is 5.50. The van der Waals surface area contributed by atoms with Crippen molar-refractivity contribution >= 4 is 17.5 Å². The summed E-state index contributed by atoms with van der Waals surface area (Å²) in [5, 5.41) is 29.5. The Labute approximate surface area is 154 Å². The number of unbranched alkanes of at least 4 members (excludes halogenated alkanes) is 1. The summed E-state index contributed by atoms with van der Waals surface area (Å²) in [5.41, 5.74) is -0.391. The van der Waals surface area contributed by atoms with Crippen LogP contribution in [0, 0.1) is 0 Å². The molecule has 1 aliphatic rings. The van der Waals surface area contributed by atoms with Gasteiger partial charge in [-0.05, 0) is 12.8 Å². The first kappa shape index (κ1) is 18.4. The summed E-state index contributed by atoms with van der Waals surface area (Å²) >= 11 is 0. The van der Waals surface area contributed by atoms with E-state index in [4.69, 9.17) is 4.74 Å². The third kappa shape index (κ3) is 3.12. The molecule has 0 heterocycles. The monoisotopic (exact) mass is 370 g/mol. The number of phenolic OH excluding ortho intramolecular Hbond substituents is 2. The number of hydrogen-bond acceptors (Lipinski definition) is 6. The predicted octanol–water partition coefficient (Wildman–Crippen LogP) is 2.90. The van der Waals surface area contributed by atoms with E-state index in [-0.39, 0.29) is 34.4 Å². The van der Waals surface area contributed by atoms with E-state index in [2.05, 4.69) is 0 Å². The van der Waals surface area contributed by atoms with Crippen LogP contribution in [-0.2, 0) is 4.79 Å². The molecule has 0 radical (unpaired) electrons. The SMILES string of the molecule is CCCCC(Oc1cc(O)c(O)c2c1C(=O)c1ccccc1C2=O)C(=O)O. The molecule has 1 aliphatic carbocycles. The van der Waals surface area contributed by atoms with Gasteiger partial charge in [-0.2, -0.15) is 0 Å². The molecule has 0 spiro atoms. The Morgan fingerprint density at radius 1 is 1.07 bits per heavy atom. The van der Waals surface area contributed by atoms with Crippen molar-refractivity contribution in [3.8, 4) is 17.2 Å². The number of fused-ring (bicyclic) bond motifs is 2. The fourth-order valence-corrected chi connectivity index (χ4v) is 3.10. The van der Waals surface area contributed by atoms with Gasteiger partial charge in [-0.15, -0.1) is 0 Å². The van der Waals surface area contributed by atoms with Crippen LogP contribution in [0.3, 0.4) is 0 Å². The van der Waals surface area contributed by atoms with E-state index in [1.165, 1.54) is 12.1 Å². The maximum absolute atomic E-state index is 12.9. The Balaban J connectivity index is 2.15. The fraction of sp³-hybridized carbons (Fsp3) is 0.250. The number of ketones is 2. The highest BCUT2D eigenvalue weighted by atomic mass is 16.5. The van der Waals surface area contributed by atoms with Gasteiger partial charge in [0.25, 0.3) is 0 Å². The van der Waals surface area contributed by atoms with Crippen LogP contribution in [0.5, 0.6) is 17.2 Å². The Hall–Kier alpha value is -3.35. The normalized spacial score (nSPS) is 13.7. The van der Waals surface area contributed by atoms with Crippen molar-refractivity contribution in [2.24, 2.45) is 0 Å². The minimum atomic E-state index is -1.25. The van der Waals surface area contributed by atoms with E-state index < -0.39 is 35.1 Å². The summed E-state index contributed by atoms with van der Waals surface area (Å²) in [5.74, 6) is -4.07. The van der Waals surface area contributed by atoms with Crippen LogP contribution in [0.1, 0.15) is 58.0 Å². The number of aliphatic carboxylic acids is 1. The molecular formula is C20H18O7. The number of ether oxygens (including phenoxy) is 1. The van der Waals surface area contributed by atoms with Crippen molar-refractivity contribution in [3.05, 3.63) is 52.6 Å². The van der Waals surface area contributed by atoms with Crippen LogP contribution < -0.4 is 4.74 Å². The topological polar surface area (TPSA) is 121 Å². The molecule has 0 fully saturated rings. The first-order valence-corrected chi connectivity index (χ1v) is 8.53. The van der Waals surface area contributed by atoms with Crippen molar-refractivity contribution < 1.29 is 34.4 Å². The zero-order chi connectivity index (χ0) is 19.7. The molecule has 3 rings (SSSR count). The number of aromatic hydroxyl groups is 2. The van der Waals surface area contributed by atoms with Gasteiger partial charge >= 0.3 is 5.97 Å². The Kier molecular flexibility index (Phi) is 4.85.